The summed E-state index contributed by atoms with van der Waals surface area (Å²) in [5.41, 5.74) is 4.16. The molecule has 0 fully saturated rings. The minimum Gasteiger partial charge on any atom is -0.0827 e. The Labute approximate surface area is 138 Å². The van der Waals surface area contributed by atoms with Crippen molar-refractivity contribution in [3.05, 3.63) is 81.8 Å². The van der Waals surface area contributed by atoms with Gasteiger partial charge in [-0.1, -0.05) is 95.5 Å². The molecular formula is C18H11Cl3. The molecule has 104 valence electrons. The quantitative estimate of drug-likeness (QED) is 0.444. The summed E-state index contributed by atoms with van der Waals surface area (Å²) >= 11 is 18.6. The molecule has 0 aliphatic carbocycles. The van der Waals surface area contributed by atoms with E-state index in [0.717, 1.165) is 22.3 Å². The van der Waals surface area contributed by atoms with Gasteiger partial charge in [0.2, 0.25) is 0 Å². The summed E-state index contributed by atoms with van der Waals surface area (Å²) < 4.78 is 0. The second kappa shape index (κ2) is 6.11. The lowest BCUT2D eigenvalue weighted by Gasteiger charge is -2.13. The lowest BCUT2D eigenvalue weighted by Crippen LogP contribution is -1.87. The van der Waals surface area contributed by atoms with E-state index in [1.807, 2.05) is 42.5 Å². The maximum absolute atomic E-state index is 6.38. The Morgan fingerprint density at radius 1 is 0.476 bits per heavy atom. The molecule has 3 aromatic rings. The minimum atomic E-state index is 0.388. The van der Waals surface area contributed by atoms with Crippen LogP contribution in [0.4, 0.5) is 0 Å². The van der Waals surface area contributed by atoms with Gasteiger partial charge in [0.15, 0.2) is 0 Å². The molecule has 0 spiro atoms. The van der Waals surface area contributed by atoms with Crippen molar-refractivity contribution in [2.45, 2.75) is 0 Å². The van der Waals surface area contributed by atoms with Crippen LogP contribution < -0.4 is 0 Å². The Morgan fingerprint density at radius 3 is 1.81 bits per heavy atom. The van der Waals surface area contributed by atoms with Crippen LogP contribution in [0.1, 0.15) is 0 Å². The average Bonchev–Trinajstić information content (AvgIpc) is 2.54. The highest BCUT2D eigenvalue weighted by molar-refractivity contribution is 6.49. The van der Waals surface area contributed by atoms with Crippen LogP contribution in [0.2, 0.25) is 15.1 Å². The second-order valence-corrected chi connectivity index (χ2v) is 5.80. The third-order valence-corrected chi connectivity index (χ3v) is 4.63. The highest BCUT2D eigenvalue weighted by Gasteiger charge is 2.13. The van der Waals surface area contributed by atoms with Gasteiger partial charge in [0.25, 0.3) is 0 Å². The molecule has 0 saturated carbocycles. The number of hydrogen-bond acceptors (Lipinski definition) is 0. The van der Waals surface area contributed by atoms with Gasteiger partial charge in [0.05, 0.1) is 15.1 Å². The first-order valence-corrected chi connectivity index (χ1v) is 7.60. The lowest BCUT2D eigenvalue weighted by atomic mass is 9.95. The molecule has 0 unspecified atom stereocenters. The topological polar surface area (TPSA) is 0 Å². The van der Waals surface area contributed by atoms with Gasteiger partial charge in [-0.3, -0.25) is 0 Å². The van der Waals surface area contributed by atoms with Crippen molar-refractivity contribution in [1.29, 1.82) is 0 Å². The molecule has 3 aromatic carbocycles. The highest BCUT2D eigenvalue weighted by Crippen LogP contribution is 2.41. The van der Waals surface area contributed by atoms with E-state index >= 15 is 0 Å². The van der Waals surface area contributed by atoms with Gasteiger partial charge in [-0.2, -0.15) is 0 Å². The van der Waals surface area contributed by atoms with Gasteiger partial charge in [-0.05, 0) is 22.8 Å². The van der Waals surface area contributed by atoms with E-state index in [0.29, 0.717) is 15.1 Å². The standard InChI is InChI=1S/C18H11Cl3/c19-16-11-10-15(17(20)18(16)21)14-9-5-4-8-13(14)12-6-2-1-3-7-12/h1-11H. The molecule has 0 radical (unpaired) electrons. The first kappa shape index (κ1) is 14.5. The van der Waals surface area contributed by atoms with Crippen molar-refractivity contribution in [2.75, 3.05) is 0 Å². The van der Waals surface area contributed by atoms with Crippen molar-refractivity contribution in [2.24, 2.45) is 0 Å². The van der Waals surface area contributed by atoms with E-state index in [-0.39, 0.29) is 0 Å². The molecule has 0 bridgehead atoms. The summed E-state index contributed by atoms with van der Waals surface area (Å²) in [6.45, 7) is 0. The smallest absolute Gasteiger partial charge is 0.0784 e. The molecule has 0 aliphatic rings. The van der Waals surface area contributed by atoms with Crippen LogP contribution in [0.5, 0.6) is 0 Å². The number of benzene rings is 3. The fourth-order valence-electron chi connectivity index (χ4n) is 2.32. The van der Waals surface area contributed by atoms with Crippen molar-refractivity contribution in [3.63, 3.8) is 0 Å². The van der Waals surface area contributed by atoms with Crippen LogP contribution in [-0.2, 0) is 0 Å². The Balaban J connectivity index is 2.23. The molecule has 0 amide bonds. The Morgan fingerprint density at radius 2 is 1.10 bits per heavy atom. The van der Waals surface area contributed by atoms with E-state index in [9.17, 15) is 0 Å². The van der Waals surface area contributed by atoms with E-state index in [2.05, 4.69) is 18.2 Å². The average molecular weight is 334 g/mol. The Kier molecular flexibility index (Phi) is 4.21. The van der Waals surface area contributed by atoms with E-state index in [1.54, 1.807) is 6.07 Å². The van der Waals surface area contributed by atoms with Crippen molar-refractivity contribution in [3.8, 4) is 22.3 Å². The molecule has 0 aromatic heterocycles. The van der Waals surface area contributed by atoms with Crippen molar-refractivity contribution in [1.82, 2.24) is 0 Å². The van der Waals surface area contributed by atoms with Gasteiger partial charge < -0.3 is 0 Å². The lowest BCUT2D eigenvalue weighted by molar-refractivity contribution is 1.58. The van der Waals surface area contributed by atoms with E-state index < -0.39 is 0 Å². The zero-order valence-corrected chi connectivity index (χ0v) is 13.3. The van der Waals surface area contributed by atoms with Crippen LogP contribution in [0.3, 0.4) is 0 Å². The largest absolute Gasteiger partial charge is 0.0827 e. The number of hydrogen-bond donors (Lipinski definition) is 0. The summed E-state index contributed by atoms with van der Waals surface area (Å²) in [6, 6.07) is 22.0. The predicted octanol–water partition coefficient (Wildman–Crippen LogP) is 6.98. The van der Waals surface area contributed by atoms with Crippen molar-refractivity contribution >= 4 is 34.8 Å². The molecule has 3 heteroatoms. The molecule has 0 nitrogen and oxygen atoms in total. The molecule has 0 atom stereocenters. The normalized spacial score (nSPS) is 10.6. The zero-order chi connectivity index (χ0) is 14.8. The van der Waals surface area contributed by atoms with E-state index in [1.165, 1.54) is 0 Å². The first-order chi connectivity index (χ1) is 10.2. The van der Waals surface area contributed by atoms with Gasteiger partial charge in [0.1, 0.15) is 0 Å². The highest BCUT2D eigenvalue weighted by atomic mass is 35.5. The van der Waals surface area contributed by atoms with Crippen LogP contribution >= 0.6 is 34.8 Å². The molecule has 0 N–H and O–H groups in total. The molecule has 21 heavy (non-hydrogen) atoms. The van der Waals surface area contributed by atoms with Crippen LogP contribution in [0, 0.1) is 0 Å². The fraction of sp³-hybridized carbons (Fsp3) is 0. The van der Waals surface area contributed by atoms with Crippen LogP contribution in [-0.4, -0.2) is 0 Å². The molecule has 0 aliphatic heterocycles. The van der Waals surface area contributed by atoms with Crippen LogP contribution in [0.25, 0.3) is 22.3 Å². The zero-order valence-electron chi connectivity index (χ0n) is 11.0. The summed E-state index contributed by atoms with van der Waals surface area (Å²) in [5.74, 6) is 0. The maximum Gasteiger partial charge on any atom is 0.0784 e. The predicted molar refractivity (Wildman–Crippen MR) is 92.3 cm³/mol. The molecule has 0 heterocycles. The SMILES string of the molecule is Clc1ccc(-c2ccccc2-c2ccccc2)c(Cl)c1Cl. The van der Waals surface area contributed by atoms with Crippen LogP contribution in [0.15, 0.2) is 66.7 Å². The van der Waals surface area contributed by atoms with Gasteiger partial charge in [-0.25, -0.2) is 0 Å². The molecular weight excluding hydrogens is 323 g/mol. The Hall–Kier alpha value is -1.47. The fourth-order valence-corrected chi connectivity index (χ4v) is 2.96. The summed E-state index contributed by atoms with van der Waals surface area (Å²) in [4.78, 5) is 0. The number of halogens is 3. The summed E-state index contributed by atoms with van der Waals surface area (Å²) in [5, 5.41) is 1.33. The molecule has 3 rings (SSSR count). The second-order valence-electron chi connectivity index (χ2n) is 4.63. The van der Waals surface area contributed by atoms with Gasteiger partial charge >= 0.3 is 0 Å². The molecule has 0 saturated heterocycles. The summed E-state index contributed by atoms with van der Waals surface area (Å²) in [7, 11) is 0. The minimum absolute atomic E-state index is 0.388. The van der Waals surface area contributed by atoms with E-state index in [4.69, 9.17) is 34.8 Å². The third-order valence-electron chi connectivity index (χ3n) is 3.34. The van der Waals surface area contributed by atoms with Gasteiger partial charge in [0, 0.05) is 5.56 Å². The monoisotopic (exact) mass is 332 g/mol. The summed E-state index contributed by atoms with van der Waals surface area (Å²) in [6.07, 6.45) is 0. The number of rotatable bonds is 2. The van der Waals surface area contributed by atoms with Crippen molar-refractivity contribution < 1.29 is 0 Å². The Bertz CT molecular complexity index is 780. The first-order valence-electron chi connectivity index (χ1n) is 6.47. The van der Waals surface area contributed by atoms with Gasteiger partial charge in [-0.15, -0.1) is 0 Å². The third kappa shape index (κ3) is 2.80. The maximum atomic E-state index is 6.38.